The molecule has 0 saturated heterocycles. The Morgan fingerprint density at radius 1 is 1.40 bits per heavy atom. The lowest BCUT2D eigenvalue weighted by Crippen LogP contribution is -2.44. The standard InChI is InChI=1S/C17H23FO2/c1-12-6-8-17(20-3,9-7-12)16(19)11-14-10-15(18)5-4-13(14)2/h4-5,10,12H,6-9,11H2,1-3H3. The van der Waals surface area contributed by atoms with Gasteiger partial charge in [-0.2, -0.15) is 0 Å². The molecule has 1 aliphatic carbocycles. The fourth-order valence-electron chi connectivity index (χ4n) is 2.99. The monoisotopic (exact) mass is 278 g/mol. The van der Waals surface area contributed by atoms with E-state index in [-0.39, 0.29) is 18.0 Å². The number of hydrogen-bond acceptors (Lipinski definition) is 2. The highest BCUT2D eigenvalue weighted by molar-refractivity contribution is 5.89. The summed E-state index contributed by atoms with van der Waals surface area (Å²) < 4.78 is 18.9. The number of benzene rings is 1. The van der Waals surface area contributed by atoms with Gasteiger partial charge in [-0.3, -0.25) is 4.79 Å². The van der Waals surface area contributed by atoms with Gasteiger partial charge in [0, 0.05) is 13.5 Å². The van der Waals surface area contributed by atoms with Crippen molar-refractivity contribution in [3.8, 4) is 0 Å². The van der Waals surface area contributed by atoms with E-state index in [9.17, 15) is 9.18 Å². The lowest BCUT2D eigenvalue weighted by molar-refractivity contribution is -0.145. The molecule has 0 aliphatic heterocycles. The number of carbonyl (C=O) groups excluding carboxylic acids is 1. The first-order valence-corrected chi connectivity index (χ1v) is 7.30. The number of ether oxygens (including phenoxy) is 1. The molecular weight excluding hydrogens is 255 g/mol. The summed E-state index contributed by atoms with van der Waals surface area (Å²) in [5, 5.41) is 0. The Hall–Kier alpha value is -1.22. The summed E-state index contributed by atoms with van der Waals surface area (Å²) in [6.07, 6.45) is 3.84. The van der Waals surface area contributed by atoms with Crippen molar-refractivity contribution in [2.75, 3.05) is 7.11 Å². The number of ketones is 1. The van der Waals surface area contributed by atoms with Crippen LogP contribution in [-0.4, -0.2) is 18.5 Å². The summed E-state index contributed by atoms with van der Waals surface area (Å²) in [5.41, 5.74) is 1.06. The van der Waals surface area contributed by atoms with E-state index >= 15 is 0 Å². The van der Waals surface area contributed by atoms with Crippen molar-refractivity contribution in [1.82, 2.24) is 0 Å². The zero-order valence-corrected chi connectivity index (χ0v) is 12.5. The highest BCUT2D eigenvalue weighted by Gasteiger charge is 2.40. The molecule has 1 aliphatic rings. The Morgan fingerprint density at radius 3 is 2.65 bits per heavy atom. The first kappa shape index (κ1) is 15.2. The quantitative estimate of drug-likeness (QED) is 0.836. The van der Waals surface area contributed by atoms with Gasteiger partial charge >= 0.3 is 0 Å². The predicted molar refractivity (Wildman–Crippen MR) is 77.2 cm³/mol. The number of hydrogen-bond donors (Lipinski definition) is 0. The van der Waals surface area contributed by atoms with Crippen molar-refractivity contribution in [2.24, 2.45) is 5.92 Å². The lowest BCUT2D eigenvalue weighted by Gasteiger charge is -2.37. The summed E-state index contributed by atoms with van der Waals surface area (Å²) in [4.78, 5) is 12.6. The van der Waals surface area contributed by atoms with Crippen molar-refractivity contribution >= 4 is 5.78 Å². The van der Waals surface area contributed by atoms with Gasteiger partial charge in [0.1, 0.15) is 11.4 Å². The molecule has 1 saturated carbocycles. The van der Waals surface area contributed by atoms with Gasteiger partial charge in [0.05, 0.1) is 0 Å². The minimum absolute atomic E-state index is 0.0839. The Morgan fingerprint density at radius 2 is 2.05 bits per heavy atom. The molecule has 2 nitrogen and oxygen atoms in total. The molecule has 0 radical (unpaired) electrons. The molecule has 0 N–H and O–H groups in total. The molecule has 0 spiro atoms. The van der Waals surface area contributed by atoms with Crippen molar-refractivity contribution < 1.29 is 13.9 Å². The van der Waals surface area contributed by atoms with Crippen LogP contribution >= 0.6 is 0 Å². The Labute approximate surface area is 120 Å². The minimum atomic E-state index is -0.661. The van der Waals surface area contributed by atoms with Crippen molar-refractivity contribution in [3.05, 3.63) is 35.1 Å². The SMILES string of the molecule is COC1(C(=O)Cc2cc(F)ccc2C)CCC(C)CC1. The first-order chi connectivity index (χ1) is 9.47. The van der Waals surface area contributed by atoms with Crippen LogP contribution in [0.4, 0.5) is 4.39 Å². The smallest absolute Gasteiger partial charge is 0.168 e. The average molecular weight is 278 g/mol. The van der Waals surface area contributed by atoms with Crippen molar-refractivity contribution in [3.63, 3.8) is 0 Å². The number of aryl methyl sites for hydroxylation is 1. The molecule has 2 rings (SSSR count). The number of Topliss-reactive ketones (excluding diaryl/α,β-unsaturated/α-hetero) is 1. The van der Waals surface area contributed by atoms with Crippen LogP contribution in [0.25, 0.3) is 0 Å². The lowest BCUT2D eigenvalue weighted by atomic mass is 9.75. The molecule has 3 heteroatoms. The van der Waals surface area contributed by atoms with Crippen LogP contribution in [0.1, 0.15) is 43.7 Å². The minimum Gasteiger partial charge on any atom is -0.370 e. The average Bonchev–Trinajstić information content (AvgIpc) is 2.44. The summed E-state index contributed by atoms with van der Waals surface area (Å²) in [6, 6.07) is 4.61. The molecule has 0 aromatic heterocycles. The molecule has 0 atom stereocenters. The van der Waals surface area contributed by atoms with Gasteiger partial charge in [0.25, 0.3) is 0 Å². The predicted octanol–water partition coefficient (Wildman–Crippen LogP) is 3.84. The molecule has 110 valence electrons. The van der Waals surface area contributed by atoms with Crippen LogP contribution in [0, 0.1) is 18.7 Å². The molecule has 0 unspecified atom stereocenters. The van der Waals surface area contributed by atoms with E-state index in [0.29, 0.717) is 5.92 Å². The van der Waals surface area contributed by atoms with Crippen LogP contribution in [0.5, 0.6) is 0 Å². The van der Waals surface area contributed by atoms with Crippen molar-refractivity contribution in [2.45, 2.75) is 51.6 Å². The fraction of sp³-hybridized carbons (Fsp3) is 0.588. The maximum Gasteiger partial charge on any atom is 0.168 e. The van der Waals surface area contributed by atoms with Gasteiger partial charge in [0.2, 0.25) is 0 Å². The van der Waals surface area contributed by atoms with Crippen LogP contribution < -0.4 is 0 Å². The third-order valence-electron chi connectivity index (χ3n) is 4.64. The topological polar surface area (TPSA) is 26.3 Å². The second kappa shape index (κ2) is 6.04. The van der Waals surface area contributed by atoms with Gasteiger partial charge < -0.3 is 4.74 Å². The number of methoxy groups -OCH3 is 1. The molecule has 1 aromatic rings. The zero-order valence-electron chi connectivity index (χ0n) is 12.5. The molecular formula is C17H23FO2. The summed E-state index contributed by atoms with van der Waals surface area (Å²) in [7, 11) is 1.62. The van der Waals surface area contributed by atoms with Crippen molar-refractivity contribution in [1.29, 1.82) is 0 Å². The number of carbonyl (C=O) groups is 1. The number of rotatable bonds is 4. The highest BCUT2D eigenvalue weighted by Crippen LogP contribution is 2.36. The third-order valence-corrected chi connectivity index (χ3v) is 4.64. The molecule has 20 heavy (non-hydrogen) atoms. The van der Waals surface area contributed by atoms with Gasteiger partial charge in [-0.1, -0.05) is 13.0 Å². The molecule has 0 amide bonds. The largest absolute Gasteiger partial charge is 0.370 e. The van der Waals surface area contributed by atoms with Gasteiger partial charge in [-0.25, -0.2) is 4.39 Å². The Bertz CT molecular complexity index is 488. The number of halogens is 1. The van der Waals surface area contributed by atoms with E-state index in [1.807, 2.05) is 6.92 Å². The van der Waals surface area contributed by atoms with Gasteiger partial charge in [-0.15, -0.1) is 0 Å². The van der Waals surface area contributed by atoms with E-state index in [0.717, 1.165) is 36.8 Å². The molecule has 0 heterocycles. The molecule has 1 fully saturated rings. The summed E-state index contributed by atoms with van der Waals surface area (Å²) >= 11 is 0. The second-order valence-corrected chi connectivity index (χ2v) is 6.05. The normalized spacial score (nSPS) is 26.5. The zero-order chi connectivity index (χ0) is 14.8. The van der Waals surface area contributed by atoms with Crippen LogP contribution in [-0.2, 0) is 16.0 Å². The van der Waals surface area contributed by atoms with E-state index in [1.54, 1.807) is 13.2 Å². The summed E-state index contributed by atoms with van der Waals surface area (Å²) in [5.74, 6) is 0.449. The van der Waals surface area contributed by atoms with E-state index in [4.69, 9.17) is 4.74 Å². The molecule has 0 bridgehead atoms. The summed E-state index contributed by atoms with van der Waals surface area (Å²) in [6.45, 7) is 4.12. The third kappa shape index (κ3) is 3.09. The van der Waals surface area contributed by atoms with Gasteiger partial charge in [0.15, 0.2) is 5.78 Å². The maximum absolute atomic E-state index is 13.3. The van der Waals surface area contributed by atoms with Crippen LogP contribution in [0.2, 0.25) is 0 Å². The van der Waals surface area contributed by atoms with E-state index in [1.165, 1.54) is 12.1 Å². The Balaban J connectivity index is 2.15. The van der Waals surface area contributed by atoms with E-state index < -0.39 is 5.60 Å². The van der Waals surface area contributed by atoms with Crippen LogP contribution in [0.3, 0.4) is 0 Å². The van der Waals surface area contributed by atoms with Crippen LogP contribution in [0.15, 0.2) is 18.2 Å². The maximum atomic E-state index is 13.3. The van der Waals surface area contributed by atoms with E-state index in [2.05, 4.69) is 6.92 Å². The molecule has 1 aromatic carbocycles. The second-order valence-electron chi connectivity index (χ2n) is 6.05. The van der Waals surface area contributed by atoms with Gasteiger partial charge in [-0.05, 0) is 61.8 Å². The highest BCUT2D eigenvalue weighted by atomic mass is 19.1. The first-order valence-electron chi connectivity index (χ1n) is 7.30. The fourth-order valence-corrected chi connectivity index (χ4v) is 2.99. The Kier molecular flexibility index (Phi) is 4.59.